The van der Waals surface area contributed by atoms with E-state index < -0.39 is 23.0 Å². The zero-order valence-corrected chi connectivity index (χ0v) is 84.6. The Morgan fingerprint density at radius 1 is 0.191 bits per heavy atom. The van der Waals surface area contributed by atoms with Crippen LogP contribution in [0.2, 0.25) is 0 Å². The van der Waals surface area contributed by atoms with Crippen molar-refractivity contribution in [2.45, 2.75) is 441 Å². The van der Waals surface area contributed by atoms with Crippen LogP contribution in [0.4, 0.5) is 0 Å². The summed E-state index contributed by atoms with van der Waals surface area (Å²) in [5.41, 5.74) is 2.97. The summed E-state index contributed by atoms with van der Waals surface area (Å²) in [6.07, 6.45) is 64.2. The quantitative estimate of drug-likeness (QED) is 0.0203. The van der Waals surface area contributed by atoms with Gasteiger partial charge in [0.1, 0.15) is 22.6 Å². The van der Waals surface area contributed by atoms with Crippen molar-refractivity contribution in [3.63, 3.8) is 0 Å². The summed E-state index contributed by atoms with van der Waals surface area (Å²) >= 11 is 0. The van der Waals surface area contributed by atoms with E-state index in [0.29, 0.717) is 114 Å². The standard InChI is InChI=1S/C108H170N8O20/c1-9-17-25-33-37-41-45-49-57-65-77-117-93-89-90(94(118-78-66-58-50-46-42-38-34-26-18-10-2)98(120-80-68-60-52-48-44-40-36-28-20-12-4)97(93)119-79-67-59-51-47-43-39-35-27-19-11-3)106-114-105(89)112-103-87-75-63-61-73-85(87)101(110-103)109-102-86-74-62-64-76-88(86)104(111-102)113-107-91-92(108(115-106)116-107)96(126-134-130-122-82-70-54-30-22-14-6)100(128-136-132-124-84-72-56-32-24-16-8)99(127-135-131-123-83-71-55-31-23-15-7)95(91)125-133-129-121-81-69-53-29-21-13-5/h61-64,73-76H,9-60,65-72,77-84H2,1-8H3,(H2,109,110,111,112,113,114,115,116). The van der Waals surface area contributed by atoms with Crippen molar-refractivity contribution in [1.29, 1.82) is 0 Å². The molecule has 3 aromatic heterocycles. The highest BCUT2D eigenvalue weighted by Gasteiger charge is 2.39. The highest BCUT2D eigenvalue weighted by Crippen LogP contribution is 2.60. The molecule has 0 spiro atoms. The molecule has 0 amide bonds. The van der Waals surface area contributed by atoms with E-state index in [-0.39, 0.29) is 66.0 Å². The van der Waals surface area contributed by atoms with E-state index in [4.69, 9.17) is 128 Å². The molecule has 0 atom stereocenters. The van der Waals surface area contributed by atoms with Crippen LogP contribution < -0.4 is 38.5 Å². The Morgan fingerprint density at radius 3 is 0.691 bits per heavy atom. The van der Waals surface area contributed by atoms with Gasteiger partial charge < -0.3 is 38.7 Å². The molecule has 7 aromatic rings. The molecule has 0 fully saturated rings. The number of nitrogens with zero attached hydrogens (tertiary/aromatic N) is 6. The van der Waals surface area contributed by atoms with Crippen LogP contribution in [-0.4, -0.2) is 92.7 Å². The number of fused-ring (bicyclic) bond motifs is 20. The average Bonchev–Trinajstić information content (AvgIpc) is 1.56. The summed E-state index contributed by atoms with van der Waals surface area (Å²) < 4.78 is 30.0. The molecule has 28 nitrogen and oxygen atoms in total. The fourth-order valence-electron chi connectivity index (χ4n) is 17.4. The lowest BCUT2D eigenvalue weighted by molar-refractivity contribution is -0.618. The Kier molecular flexibility index (Phi) is 58.8. The Morgan fingerprint density at radius 2 is 0.404 bits per heavy atom. The highest BCUT2D eigenvalue weighted by molar-refractivity contribution is 6.14. The van der Waals surface area contributed by atoms with Crippen LogP contribution in [0.15, 0.2) is 48.5 Å². The van der Waals surface area contributed by atoms with Gasteiger partial charge >= 0.3 is 0 Å². The third-order valence-corrected chi connectivity index (χ3v) is 25.3. The fraction of sp³-hybridized carbons (Fsp3) is 0.704. The number of unbranched alkanes of at least 4 members (excludes halogenated alkanes) is 52. The number of H-pyrrole nitrogens is 2. The second kappa shape index (κ2) is 71.6. The number of aromatic nitrogens is 8. The molecule has 0 saturated carbocycles. The molecule has 2 aliphatic rings. The topological polar surface area (TPSA) is 294 Å². The summed E-state index contributed by atoms with van der Waals surface area (Å²) in [7, 11) is 0. The third kappa shape index (κ3) is 40.0. The van der Waals surface area contributed by atoms with Gasteiger partial charge in [-0.05, 0) is 71.5 Å². The summed E-state index contributed by atoms with van der Waals surface area (Å²) in [6.45, 7) is 19.6. The van der Waals surface area contributed by atoms with Gasteiger partial charge in [-0.3, -0.25) is 9.78 Å². The molecular formula is C108H170N8O20. The van der Waals surface area contributed by atoms with Crippen LogP contribution in [0, 0.1) is 0 Å². The van der Waals surface area contributed by atoms with E-state index in [1.807, 2.05) is 48.5 Å². The molecule has 2 N–H and O–H groups in total. The van der Waals surface area contributed by atoms with Crippen LogP contribution in [0.25, 0.3) is 89.7 Å². The molecule has 0 aliphatic carbocycles. The Labute approximate surface area is 811 Å². The van der Waals surface area contributed by atoms with Crippen molar-refractivity contribution in [1.82, 2.24) is 39.9 Å². The lowest BCUT2D eigenvalue weighted by atomic mass is 10.0. The van der Waals surface area contributed by atoms with Gasteiger partial charge in [-0.2, -0.15) is 0 Å². The van der Waals surface area contributed by atoms with Crippen LogP contribution >= 0.6 is 0 Å². The molecule has 762 valence electrons. The van der Waals surface area contributed by atoms with Crippen molar-refractivity contribution in [2.75, 3.05) is 52.9 Å². The first kappa shape index (κ1) is 112. The van der Waals surface area contributed by atoms with E-state index in [1.165, 1.54) is 154 Å². The van der Waals surface area contributed by atoms with Crippen LogP contribution in [0.1, 0.15) is 441 Å². The van der Waals surface area contributed by atoms with Gasteiger partial charge in [-0.1, -0.05) is 438 Å². The van der Waals surface area contributed by atoms with Crippen LogP contribution in [-0.2, 0) is 59.9 Å². The van der Waals surface area contributed by atoms with E-state index in [2.05, 4.69) is 65.4 Å². The molecular weight excluding hydrogens is 1730 g/mol. The number of nitrogens with one attached hydrogen (secondary N) is 2. The minimum atomic E-state index is -0.577. The second-order valence-corrected chi connectivity index (χ2v) is 36.8. The first-order chi connectivity index (χ1) is 67.4. The van der Waals surface area contributed by atoms with Gasteiger partial charge in [0, 0.05) is 42.1 Å². The number of hydrogen-bond acceptors (Lipinski definition) is 26. The number of ether oxygens (including phenoxy) is 4. The van der Waals surface area contributed by atoms with Crippen molar-refractivity contribution >= 4 is 44.1 Å². The Balaban J connectivity index is 1.37. The third-order valence-electron chi connectivity index (χ3n) is 25.3. The van der Waals surface area contributed by atoms with Crippen LogP contribution in [0.3, 0.4) is 0 Å². The normalized spacial score (nSPS) is 11.8. The van der Waals surface area contributed by atoms with E-state index in [0.717, 1.165) is 216 Å². The number of rotatable bonds is 88. The van der Waals surface area contributed by atoms with E-state index in [9.17, 15) is 0 Å². The fourth-order valence-corrected chi connectivity index (χ4v) is 17.4. The number of benzene rings is 4. The summed E-state index contributed by atoms with van der Waals surface area (Å²) in [5.74, 6) is 0.312. The molecule has 8 bridgehead atoms. The van der Waals surface area contributed by atoms with Gasteiger partial charge in [0.2, 0.25) is 23.0 Å². The number of aromatic amines is 2. The lowest BCUT2D eigenvalue weighted by Gasteiger charge is -2.23. The van der Waals surface area contributed by atoms with Gasteiger partial charge in [0.25, 0.3) is 11.5 Å². The van der Waals surface area contributed by atoms with E-state index >= 15 is 0 Å². The largest absolute Gasteiger partial charge is 0.489 e. The zero-order valence-electron chi connectivity index (χ0n) is 84.6. The molecule has 5 heterocycles. The first-order valence-corrected chi connectivity index (χ1v) is 53.9. The lowest BCUT2D eigenvalue weighted by Crippen LogP contribution is -2.11. The molecule has 136 heavy (non-hydrogen) atoms. The monoisotopic (exact) mass is 1900 g/mol. The predicted molar refractivity (Wildman–Crippen MR) is 535 cm³/mol. The highest BCUT2D eigenvalue weighted by atomic mass is 17.7. The molecule has 2 aliphatic heterocycles. The van der Waals surface area contributed by atoms with Gasteiger partial charge in [0.05, 0.1) is 74.8 Å². The Bertz CT molecular complexity index is 4500. The van der Waals surface area contributed by atoms with Crippen molar-refractivity contribution < 1.29 is 98.4 Å². The molecule has 4 aromatic carbocycles. The number of hydrogen-bond donors (Lipinski definition) is 2. The zero-order chi connectivity index (χ0) is 95.4. The summed E-state index contributed by atoms with van der Waals surface area (Å²) in [4.78, 5) is 88.5. The molecule has 0 radical (unpaired) electrons. The van der Waals surface area contributed by atoms with Crippen molar-refractivity contribution in [2.24, 2.45) is 0 Å². The minimum Gasteiger partial charge on any atom is -0.489 e. The van der Waals surface area contributed by atoms with Gasteiger partial charge in [-0.25, -0.2) is 49.5 Å². The molecule has 0 saturated heterocycles. The predicted octanol–water partition coefficient (Wildman–Crippen LogP) is 32.6. The average molecular weight is 1900 g/mol. The maximum absolute atomic E-state index is 7.57. The molecule has 0 unspecified atom stereocenters. The van der Waals surface area contributed by atoms with Crippen molar-refractivity contribution in [3.05, 3.63) is 48.5 Å². The maximum Gasteiger partial charge on any atom is 0.265 e. The Hall–Kier alpha value is -7.84. The smallest absolute Gasteiger partial charge is 0.265 e. The summed E-state index contributed by atoms with van der Waals surface area (Å²) in [6, 6.07) is 15.7. The van der Waals surface area contributed by atoms with Gasteiger partial charge in [0.15, 0.2) is 34.8 Å². The SMILES string of the molecule is CCCCCCCCCCCCOc1c(OCCCCCCCCCCCC)c(OCCCCCCCCCCCC)c2c(c1OCCCCCCCCCCCC)-c1nc-2nc2[nH]c(nc3nc(nc4[nH]c(n1)c1ccccc41)-c1ccccc1-3)c1c(OOOOCCCCCCC)c(OOOOCCCCCCC)c(OOOOCCCCCCC)c(OOOOCCCCCCC)c21. The van der Waals surface area contributed by atoms with E-state index in [1.54, 1.807) is 0 Å². The maximum atomic E-state index is 7.57. The second-order valence-electron chi connectivity index (χ2n) is 36.8. The van der Waals surface area contributed by atoms with Crippen molar-refractivity contribution in [3.8, 4) is 91.5 Å². The minimum absolute atomic E-state index is 0.0288. The molecule has 9 rings (SSSR count). The first-order valence-electron chi connectivity index (χ1n) is 53.9. The van der Waals surface area contributed by atoms with Crippen LogP contribution in [0.5, 0.6) is 46.0 Å². The van der Waals surface area contributed by atoms with Gasteiger partial charge in [-0.15, -0.1) is 0 Å². The molecule has 28 heteroatoms. The summed E-state index contributed by atoms with van der Waals surface area (Å²) in [5, 5.41) is 45.7.